The van der Waals surface area contributed by atoms with Crippen molar-refractivity contribution >= 4 is 5.91 Å². The van der Waals surface area contributed by atoms with Gasteiger partial charge in [-0.05, 0) is 5.92 Å². The van der Waals surface area contributed by atoms with E-state index in [1.54, 1.807) is 0 Å². The minimum atomic E-state index is 0.135. The fourth-order valence-electron chi connectivity index (χ4n) is 0.822. The van der Waals surface area contributed by atoms with E-state index in [9.17, 15) is 4.79 Å². The number of carbonyl (C=O) groups excluding carboxylic acids is 1. The normalized spacial score (nSPS) is 27.2. The van der Waals surface area contributed by atoms with Gasteiger partial charge in [-0.1, -0.05) is 19.1 Å². The van der Waals surface area contributed by atoms with Gasteiger partial charge in [-0.15, -0.1) is 0 Å². The predicted octanol–water partition coefficient (Wildman–Crippen LogP) is 0.699. The van der Waals surface area contributed by atoms with Gasteiger partial charge in [-0.25, -0.2) is 0 Å². The number of hydrogen-bond donors (Lipinski definition) is 1. The van der Waals surface area contributed by atoms with Crippen molar-refractivity contribution in [1.29, 1.82) is 0 Å². The topological polar surface area (TPSA) is 29.1 Å². The Bertz CT molecular complexity index is 140. The summed E-state index contributed by atoms with van der Waals surface area (Å²) in [6, 6.07) is 0. The maximum atomic E-state index is 10.7. The van der Waals surface area contributed by atoms with Gasteiger partial charge in [0.05, 0.1) is 0 Å². The Balaban J connectivity index is 2.48. The highest BCUT2D eigenvalue weighted by atomic mass is 16.1. The van der Waals surface area contributed by atoms with E-state index in [0.29, 0.717) is 12.3 Å². The van der Waals surface area contributed by atoms with Crippen LogP contribution < -0.4 is 5.32 Å². The van der Waals surface area contributed by atoms with Crippen LogP contribution in [-0.4, -0.2) is 12.5 Å². The molecule has 1 heterocycles. The zero-order valence-corrected chi connectivity index (χ0v) is 5.55. The van der Waals surface area contributed by atoms with Gasteiger partial charge in [0, 0.05) is 13.0 Å². The number of carbonyl (C=O) groups is 1. The lowest BCUT2D eigenvalue weighted by Crippen LogP contribution is -2.24. The van der Waals surface area contributed by atoms with E-state index < -0.39 is 0 Å². The molecule has 50 valence electrons. The van der Waals surface area contributed by atoms with Crippen molar-refractivity contribution in [2.45, 2.75) is 13.3 Å². The van der Waals surface area contributed by atoms with Crippen LogP contribution in [0.3, 0.4) is 0 Å². The third kappa shape index (κ3) is 1.88. The first-order valence-corrected chi connectivity index (χ1v) is 3.22. The molecule has 1 aliphatic rings. The van der Waals surface area contributed by atoms with Crippen molar-refractivity contribution in [1.82, 2.24) is 5.32 Å². The molecule has 0 aromatic rings. The van der Waals surface area contributed by atoms with Crippen LogP contribution >= 0.6 is 0 Å². The lowest BCUT2D eigenvalue weighted by atomic mass is 10.2. The number of rotatable bonds is 0. The van der Waals surface area contributed by atoms with Crippen molar-refractivity contribution in [3.8, 4) is 0 Å². The molecule has 0 spiro atoms. The molecule has 0 saturated heterocycles. The highest BCUT2D eigenvalue weighted by Crippen LogP contribution is 2.00. The van der Waals surface area contributed by atoms with Crippen LogP contribution in [0.1, 0.15) is 13.3 Å². The lowest BCUT2D eigenvalue weighted by Gasteiger charge is -2.02. The van der Waals surface area contributed by atoms with Gasteiger partial charge in [0.25, 0.3) is 0 Å². The highest BCUT2D eigenvalue weighted by molar-refractivity contribution is 5.77. The molecule has 0 fully saturated rings. The van der Waals surface area contributed by atoms with Gasteiger partial charge in [0.2, 0.25) is 5.91 Å². The van der Waals surface area contributed by atoms with Crippen molar-refractivity contribution < 1.29 is 4.79 Å². The molecule has 0 aromatic heterocycles. The molecule has 0 saturated carbocycles. The number of nitrogens with one attached hydrogen (secondary N) is 1. The summed E-state index contributed by atoms with van der Waals surface area (Å²) in [5, 5.41) is 2.79. The van der Waals surface area contributed by atoms with E-state index in [1.807, 2.05) is 6.08 Å². The smallest absolute Gasteiger partial charge is 0.223 e. The third-order valence-corrected chi connectivity index (χ3v) is 1.39. The standard InChI is InChI=1S/C7H11NO/c1-6-3-2-4-7(9)8-5-6/h2-3,6H,4-5H2,1H3,(H,8,9). The number of hydrogen-bond acceptors (Lipinski definition) is 1. The van der Waals surface area contributed by atoms with Crippen molar-refractivity contribution in [3.63, 3.8) is 0 Å². The van der Waals surface area contributed by atoms with E-state index in [0.717, 1.165) is 6.54 Å². The largest absolute Gasteiger partial charge is 0.355 e. The van der Waals surface area contributed by atoms with E-state index in [2.05, 4.69) is 18.3 Å². The molecule has 1 amide bonds. The zero-order chi connectivity index (χ0) is 6.69. The first-order valence-electron chi connectivity index (χ1n) is 3.22. The van der Waals surface area contributed by atoms with Crippen molar-refractivity contribution in [2.24, 2.45) is 5.92 Å². The van der Waals surface area contributed by atoms with Crippen LogP contribution in [0.25, 0.3) is 0 Å². The molecule has 1 N–H and O–H groups in total. The summed E-state index contributed by atoms with van der Waals surface area (Å²) in [4.78, 5) is 10.7. The highest BCUT2D eigenvalue weighted by Gasteiger charge is 2.04. The summed E-state index contributed by atoms with van der Waals surface area (Å²) >= 11 is 0. The van der Waals surface area contributed by atoms with Crippen LogP contribution in [0.15, 0.2) is 12.2 Å². The summed E-state index contributed by atoms with van der Waals surface area (Å²) < 4.78 is 0. The quantitative estimate of drug-likeness (QED) is 0.474. The fraction of sp³-hybridized carbons (Fsp3) is 0.571. The van der Waals surface area contributed by atoms with Crippen LogP contribution in [0, 0.1) is 5.92 Å². The molecule has 0 radical (unpaired) electrons. The second-order valence-electron chi connectivity index (χ2n) is 2.41. The van der Waals surface area contributed by atoms with E-state index in [-0.39, 0.29) is 5.91 Å². The minimum Gasteiger partial charge on any atom is -0.355 e. The van der Waals surface area contributed by atoms with E-state index in [4.69, 9.17) is 0 Å². The summed E-state index contributed by atoms with van der Waals surface area (Å²) in [5.41, 5.74) is 0. The van der Waals surface area contributed by atoms with E-state index in [1.165, 1.54) is 0 Å². The second kappa shape index (κ2) is 2.67. The molecule has 2 heteroatoms. The maximum absolute atomic E-state index is 10.7. The summed E-state index contributed by atoms with van der Waals surface area (Å²) in [5.74, 6) is 0.632. The third-order valence-electron chi connectivity index (χ3n) is 1.39. The lowest BCUT2D eigenvalue weighted by molar-refractivity contribution is -0.120. The van der Waals surface area contributed by atoms with Gasteiger partial charge in [-0.2, -0.15) is 0 Å². The van der Waals surface area contributed by atoms with Crippen molar-refractivity contribution in [2.75, 3.05) is 6.54 Å². The Labute approximate surface area is 54.9 Å². The molecule has 1 unspecified atom stereocenters. The Morgan fingerprint density at radius 2 is 2.56 bits per heavy atom. The molecule has 1 aliphatic heterocycles. The van der Waals surface area contributed by atoms with Crippen molar-refractivity contribution in [3.05, 3.63) is 12.2 Å². The summed E-state index contributed by atoms with van der Waals surface area (Å²) in [7, 11) is 0. The average Bonchev–Trinajstić information content (AvgIpc) is 1.97. The van der Waals surface area contributed by atoms with E-state index >= 15 is 0 Å². The monoisotopic (exact) mass is 125 g/mol. The Morgan fingerprint density at radius 3 is 3.33 bits per heavy atom. The molecule has 0 bridgehead atoms. The van der Waals surface area contributed by atoms with Crippen LogP contribution in [-0.2, 0) is 4.79 Å². The number of amides is 1. The SMILES string of the molecule is CC1C=CCC(=O)NC1. The second-order valence-corrected chi connectivity index (χ2v) is 2.41. The maximum Gasteiger partial charge on any atom is 0.223 e. The summed E-state index contributed by atoms with van der Waals surface area (Å²) in [6.07, 6.45) is 4.54. The molecule has 0 aromatic carbocycles. The Morgan fingerprint density at radius 1 is 1.78 bits per heavy atom. The van der Waals surface area contributed by atoms with Crippen LogP contribution in [0.4, 0.5) is 0 Å². The summed E-state index contributed by atoms with van der Waals surface area (Å²) in [6.45, 7) is 2.87. The van der Waals surface area contributed by atoms with Crippen LogP contribution in [0.2, 0.25) is 0 Å². The van der Waals surface area contributed by atoms with Crippen LogP contribution in [0.5, 0.6) is 0 Å². The first-order chi connectivity index (χ1) is 4.29. The molecule has 0 aliphatic carbocycles. The Kier molecular flexibility index (Phi) is 1.88. The van der Waals surface area contributed by atoms with Gasteiger partial charge >= 0.3 is 0 Å². The molecular formula is C7H11NO. The molecule has 9 heavy (non-hydrogen) atoms. The molecule has 1 rings (SSSR count). The molecule has 1 atom stereocenters. The average molecular weight is 125 g/mol. The minimum absolute atomic E-state index is 0.135. The Hall–Kier alpha value is -0.790. The molecular weight excluding hydrogens is 114 g/mol. The zero-order valence-electron chi connectivity index (χ0n) is 5.55. The van der Waals surface area contributed by atoms with Gasteiger partial charge in [0.15, 0.2) is 0 Å². The van der Waals surface area contributed by atoms with Gasteiger partial charge in [-0.3, -0.25) is 4.79 Å². The first kappa shape index (κ1) is 6.33. The predicted molar refractivity (Wildman–Crippen MR) is 35.9 cm³/mol. The van der Waals surface area contributed by atoms with Gasteiger partial charge in [0.1, 0.15) is 0 Å². The van der Waals surface area contributed by atoms with Gasteiger partial charge < -0.3 is 5.32 Å². The molecule has 2 nitrogen and oxygen atoms in total. The fourth-order valence-corrected chi connectivity index (χ4v) is 0.822.